The molecule has 8 heteroatoms. The van der Waals surface area contributed by atoms with Crippen LogP contribution in [0.2, 0.25) is 10.0 Å². The first-order valence-corrected chi connectivity index (χ1v) is 8.56. The summed E-state index contributed by atoms with van der Waals surface area (Å²) >= 11 is 12.1. The predicted molar refractivity (Wildman–Crippen MR) is 98.1 cm³/mol. The quantitative estimate of drug-likeness (QED) is 0.683. The van der Waals surface area contributed by atoms with E-state index in [2.05, 4.69) is 15.5 Å². The highest BCUT2D eigenvalue weighted by Gasteiger charge is 2.17. The average molecular weight is 392 g/mol. The number of carbonyl (C=O) groups is 1. The minimum absolute atomic E-state index is 0.0759. The zero-order chi connectivity index (χ0) is 18.5. The van der Waals surface area contributed by atoms with Gasteiger partial charge in [-0.05, 0) is 31.2 Å². The maximum absolute atomic E-state index is 12.2. The summed E-state index contributed by atoms with van der Waals surface area (Å²) in [6, 6.07) is 14.1. The molecule has 0 aliphatic carbocycles. The van der Waals surface area contributed by atoms with Crippen LogP contribution in [-0.4, -0.2) is 22.2 Å². The van der Waals surface area contributed by atoms with Crippen molar-refractivity contribution in [3.8, 4) is 17.1 Å². The summed E-state index contributed by atoms with van der Waals surface area (Å²) in [7, 11) is 0. The minimum atomic E-state index is -0.735. The number of ether oxygens (including phenoxy) is 1. The molecule has 0 saturated heterocycles. The number of nitrogens with one attached hydrogen (secondary N) is 1. The van der Waals surface area contributed by atoms with E-state index in [4.69, 9.17) is 32.5 Å². The highest BCUT2D eigenvalue weighted by Crippen LogP contribution is 2.25. The molecule has 1 atom stereocenters. The fourth-order valence-corrected chi connectivity index (χ4v) is 2.57. The lowest BCUT2D eigenvalue weighted by Crippen LogP contribution is -2.36. The van der Waals surface area contributed by atoms with Crippen molar-refractivity contribution in [3.63, 3.8) is 0 Å². The molecule has 0 aliphatic rings. The second kappa shape index (κ2) is 8.21. The standard InChI is InChI=1S/C18H15Cl2N3O3/c1-11(25-15-9-5-4-8-14(15)20)18(24)21-10-16-22-17(23-26-16)12-6-2-3-7-13(12)19/h2-9,11H,10H2,1H3,(H,21,24)/t11-/m1/s1. The normalized spacial score (nSPS) is 11.8. The van der Waals surface area contributed by atoms with E-state index in [0.717, 1.165) is 0 Å². The van der Waals surface area contributed by atoms with E-state index in [1.165, 1.54) is 0 Å². The Labute approximate surface area is 160 Å². The molecular formula is C18H15Cl2N3O3. The number of benzene rings is 2. The molecule has 0 fully saturated rings. The Morgan fingerprint density at radius 2 is 1.85 bits per heavy atom. The van der Waals surface area contributed by atoms with Gasteiger partial charge in [0.05, 0.1) is 16.6 Å². The van der Waals surface area contributed by atoms with Crippen molar-refractivity contribution < 1.29 is 14.1 Å². The third-order valence-electron chi connectivity index (χ3n) is 3.51. The molecule has 1 N–H and O–H groups in total. The third-order valence-corrected chi connectivity index (χ3v) is 4.15. The number of hydrogen-bond donors (Lipinski definition) is 1. The van der Waals surface area contributed by atoms with Crippen molar-refractivity contribution in [1.29, 1.82) is 0 Å². The first-order valence-electron chi connectivity index (χ1n) is 7.81. The third kappa shape index (κ3) is 4.33. The Bertz CT molecular complexity index is 914. The molecular weight excluding hydrogens is 377 g/mol. The second-order valence-electron chi connectivity index (χ2n) is 5.40. The van der Waals surface area contributed by atoms with Crippen LogP contribution in [0.3, 0.4) is 0 Å². The Kier molecular flexibility index (Phi) is 5.75. The van der Waals surface area contributed by atoms with E-state index in [0.29, 0.717) is 27.2 Å². The van der Waals surface area contributed by atoms with Gasteiger partial charge < -0.3 is 14.6 Å². The largest absolute Gasteiger partial charge is 0.479 e. The number of rotatable bonds is 6. The summed E-state index contributed by atoms with van der Waals surface area (Å²) in [6.45, 7) is 1.70. The highest BCUT2D eigenvalue weighted by molar-refractivity contribution is 6.33. The van der Waals surface area contributed by atoms with Crippen LogP contribution in [0.5, 0.6) is 5.75 Å². The van der Waals surface area contributed by atoms with E-state index < -0.39 is 6.10 Å². The number of aromatic nitrogens is 2. The van der Waals surface area contributed by atoms with Gasteiger partial charge in [0.1, 0.15) is 5.75 Å². The number of amides is 1. The van der Waals surface area contributed by atoms with Crippen molar-refractivity contribution in [2.75, 3.05) is 0 Å². The highest BCUT2D eigenvalue weighted by atomic mass is 35.5. The molecule has 1 heterocycles. The Hall–Kier alpha value is -2.57. The lowest BCUT2D eigenvalue weighted by Gasteiger charge is -2.14. The summed E-state index contributed by atoms with van der Waals surface area (Å²) < 4.78 is 10.7. The fraction of sp³-hybridized carbons (Fsp3) is 0.167. The summed E-state index contributed by atoms with van der Waals surface area (Å²) in [6.07, 6.45) is -0.735. The molecule has 26 heavy (non-hydrogen) atoms. The zero-order valence-corrected chi connectivity index (χ0v) is 15.3. The monoisotopic (exact) mass is 391 g/mol. The van der Waals surface area contributed by atoms with E-state index in [-0.39, 0.29) is 18.3 Å². The molecule has 134 valence electrons. The Balaban J connectivity index is 1.58. The van der Waals surface area contributed by atoms with Crippen LogP contribution in [0, 0.1) is 0 Å². The molecule has 0 aliphatic heterocycles. The topological polar surface area (TPSA) is 77.2 Å². The van der Waals surface area contributed by atoms with E-state index in [1.54, 1.807) is 43.3 Å². The van der Waals surface area contributed by atoms with Crippen LogP contribution in [0.4, 0.5) is 0 Å². The molecule has 3 rings (SSSR count). The lowest BCUT2D eigenvalue weighted by atomic mass is 10.2. The van der Waals surface area contributed by atoms with E-state index in [1.807, 2.05) is 12.1 Å². The van der Waals surface area contributed by atoms with Gasteiger partial charge in [0.2, 0.25) is 11.7 Å². The fourth-order valence-electron chi connectivity index (χ4n) is 2.17. The number of hydrogen-bond acceptors (Lipinski definition) is 5. The molecule has 2 aromatic carbocycles. The molecule has 3 aromatic rings. The van der Waals surface area contributed by atoms with Crippen LogP contribution < -0.4 is 10.1 Å². The van der Waals surface area contributed by atoms with Crippen molar-refractivity contribution in [2.45, 2.75) is 19.6 Å². The van der Waals surface area contributed by atoms with Crippen molar-refractivity contribution in [2.24, 2.45) is 0 Å². The van der Waals surface area contributed by atoms with Crippen molar-refractivity contribution in [3.05, 3.63) is 64.5 Å². The van der Waals surface area contributed by atoms with Gasteiger partial charge in [-0.25, -0.2) is 0 Å². The van der Waals surface area contributed by atoms with Gasteiger partial charge in [0.25, 0.3) is 5.91 Å². The van der Waals surface area contributed by atoms with Gasteiger partial charge in [-0.2, -0.15) is 4.98 Å². The van der Waals surface area contributed by atoms with Gasteiger partial charge in [0, 0.05) is 5.56 Å². The van der Waals surface area contributed by atoms with Crippen LogP contribution in [0.15, 0.2) is 53.1 Å². The lowest BCUT2D eigenvalue weighted by molar-refractivity contribution is -0.127. The van der Waals surface area contributed by atoms with E-state index in [9.17, 15) is 4.79 Å². The maximum Gasteiger partial charge on any atom is 0.261 e. The number of para-hydroxylation sites is 1. The summed E-state index contributed by atoms with van der Waals surface area (Å²) in [5.74, 6) is 0.733. The molecule has 0 saturated carbocycles. The van der Waals surface area contributed by atoms with Crippen LogP contribution in [-0.2, 0) is 11.3 Å². The molecule has 0 unspecified atom stereocenters. The van der Waals surface area contributed by atoms with Crippen LogP contribution in [0.25, 0.3) is 11.4 Å². The van der Waals surface area contributed by atoms with Crippen LogP contribution in [0.1, 0.15) is 12.8 Å². The number of halogens is 2. The smallest absolute Gasteiger partial charge is 0.261 e. The molecule has 1 amide bonds. The van der Waals surface area contributed by atoms with E-state index >= 15 is 0 Å². The Morgan fingerprint density at radius 1 is 1.15 bits per heavy atom. The van der Waals surface area contributed by atoms with Gasteiger partial charge >= 0.3 is 0 Å². The molecule has 1 aromatic heterocycles. The summed E-state index contributed by atoms with van der Waals surface area (Å²) in [4.78, 5) is 16.4. The van der Waals surface area contributed by atoms with Gasteiger partial charge in [-0.1, -0.05) is 52.6 Å². The minimum Gasteiger partial charge on any atom is -0.479 e. The van der Waals surface area contributed by atoms with Crippen molar-refractivity contribution in [1.82, 2.24) is 15.5 Å². The predicted octanol–water partition coefficient (Wildman–Crippen LogP) is 4.13. The van der Waals surface area contributed by atoms with Gasteiger partial charge in [-0.15, -0.1) is 0 Å². The van der Waals surface area contributed by atoms with Gasteiger partial charge in [-0.3, -0.25) is 4.79 Å². The van der Waals surface area contributed by atoms with Crippen LogP contribution >= 0.6 is 23.2 Å². The SMILES string of the molecule is C[C@@H](Oc1ccccc1Cl)C(=O)NCc1nc(-c2ccccc2Cl)no1. The average Bonchev–Trinajstić information content (AvgIpc) is 3.10. The zero-order valence-electron chi connectivity index (χ0n) is 13.8. The first kappa shape index (κ1) is 18.2. The first-order chi connectivity index (χ1) is 12.5. The molecule has 0 spiro atoms. The van der Waals surface area contributed by atoms with Gasteiger partial charge in [0.15, 0.2) is 6.10 Å². The number of carbonyl (C=O) groups excluding carboxylic acids is 1. The second-order valence-corrected chi connectivity index (χ2v) is 6.21. The number of nitrogens with zero attached hydrogens (tertiary/aromatic N) is 2. The molecule has 6 nitrogen and oxygen atoms in total. The maximum atomic E-state index is 12.2. The van der Waals surface area contributed by atoms with Crippen molar-refractivity contribution >= 4 is 29.1 Å². The molecule has 0 radical (unpaired) electrons. The summed E-state index contributed by atoms with van der Waals surface area (Å²) in [5, 5.41) is 7.52. The Morgan fingerprint density at radius 3 is 2.58 bits per heavy atom. The summed E-state index contributed by atoms with van der Waals surface area (Å²) in [5.41, 5.74) is 0.658. The molecule has 0 bridgehead atoms.